The molecule has 0 aliphatic carbocycles. The van der Waals surface area contributed by atoms with E-state index >= 15 is 0 Å². The van der Waals surface area contributed by atoms with Gasteiger partial charge in [0.1, 0.15) is 17.6 Å². The Morgan fingerprint density at radius 3 is 3.00 bits per heavy atom. The summed E-state index contributed by atoms with van der Waals surface area (Å²) in [4.78, 5) is 16.3. The Morgan fingerprint density at radius 2 is 2.36 bits per heavy atom. The van der Waals surface area contributed by atoms with Crippen LogP contribution in [0.5, 0.6) is 5.75 Å². The van der Waals surface area contributed by atoms with Crippen LogP contribution in [0.2, 0.25) is 0 Å². The monoisotopic (exact) mass is 300 g/mol. The lowest BCUT2D eigenvalue weighted by atomic mass is 10.1. The molecule has 1 aromatic heterocycles. The summed E-state index contributed by atoms with van der Waals surface area (Å²) < 4.78 is 7.13. The summed E-state index contributed by atoms with van der Waals surface area (Å²) in [5.74, 6) is 1.46. The fourth-order valence-electron chi connectivity index (χ4n) is 2.12. The zero-order valence-electron chi connectivity index (χ0n) is 12.7. The third-order valence-corrected chi connectivity index (χ3v) is 3.23. The number of methoxy groups -OCH3 is 1. The van der Waals surface area contributed by atoms with Gasteiger partial charge in [0, 0.05) is 26.0 Å². The van der Waals surface area contributed by atoms with Crippen molar-refractivity contribution in [3.8, 4) is 5.75 Å². The lowest BCUT2D eigenvalue weighted by Crippen LogP contribution is -2.39. The molecule has 22 heavy (non-hydrogen) atoms. The van der Waals surface area contributed by atoms with Gasteiger partial charge in [-0.15, -0.1) is 6.58 Å². The fraction of sp³-hybridized carbons (Fsp3) is 0.250. The van der Waals surface area contributed by atoms with Crippen molar-refractivity contribution in [3.63, 3.8) is 0 Å². The predicted molar refractivity (Wildman–Crippen MR) is 84.8 cm³/mol. The van der Waals surface area contributed by atoms with Gasteiger partial charge in [0.25, 0.3) is 0 Å². The van der Waals surface area contributed by atoms with Crippen molar-refractivity contribution in [2.24, 2.45) is 7.05 Å². The molecule has 0 bridgehead atoms. The second-order valence-corrected chi connectivity index (χ2v) is 4.75. The SMILES string of the molecule is C=CCNC(=O)NC(c1cccc(OC)c1)c1nccn1C. The first kappa shape index (κ1) is 15.6. The second-order valence-electron chi connectivity index (χ2n) is 4.75. The highest BCUT2D eigenvalue weighted by Crippen LogP contribution is 2.24. The Bertz CT molecular complexity index is 651. The molecular formula is C16H20N4O2. The standard InChI is InChI=1S/C16H20N4O2/c1-4-8-18-16(21)19-14(15-17-9-10-20(15)2)12-6-5-7-13(11-12)22-3/h4-7,9-11,14H,1,8H2,2-3H3,(H2,18,19,21). The molecule has 0 aliphatic heterocycles. The first-order valence-electron chi connectivity index (χ1n) is 6.92. The van der Waals surface area contributed by atoms with E-state index in [-0.39, 0.29) is 12.1 Å². The van der Waals surface area contributed by atoms with Gasteiger partial charge in [-0.3, -0.25) is 0 Å². The molecule has 116 valence electrons. The number of carbonyl (C=O) groups is 1. The van der Waals surface area contributed by atoms with Crippen LogP contribution < -0.4 is 15.4 Å². The van der Waals surface area contributed by atoms with Gasteiger partial charge in [-0.25, -0.2) is 9.78 Å². The van der Waals surface area contributed by atoms with Gasteiger partial charge < -0.3 is 19.9 Å². The second kappa shape index (κ2) is 7.31. The topological polar surface area (TPSA) is 68.2 Å². The summed E-state index contributed by atoms with van der Waals surface area (Å²) in [7, 11) is 3.50. The minimum absolute atomic E-state index is 0.282. The van der Waals surface area contributed by atoms with Crippen LogP contribution in [-0.4, -0.2) is 29.2 Å². The number of imidazole rings is 1. The third kappa shape index (κ3) is 3.66. The summed E-state index contributed by atoms with van der Waals surface area (Å²) in [5.41, 5.74) is 0.891. The number of nitrogens with one attached hydrogen (secondary N) is 2. The molecule has 0 spiro atoms. The van der Waals surface area contributed by atoms with Crippen molar-refractivity contribution >= 4 is 6.03 Å². The molecular weight excluding hydrogens is 280 g/mol. The zero-order valence-corrected chi connectivity index (χ0v) is 12.7. The highest BCUT2D eigenvalue weighted by Gasteiger charge is 2.20. The maximum atomic E-state index is 12.0. The Morgan fingerprint density at radius 1 is 1.55 bits per heavy atom. The molecule has 0 aliphatic rings. The average molecular weight is 300 g/mol. The van der Waals surface area contributed by atoms with Gasteiger partial charge in [-0.2, -0.15) is 0 Å². The molecule has 0 radical (unpaired) electrons. The van der Waals surface area contributed by atoms with Crippen LogP contribution >= 0.6 is 0 Å². The predicted octanol–water partition coefficient (Wildman–Crippen LogP) is 2.00. The Labute approximate surface area is 129 Å². The molecule has 1 atom stereocenters. The van der Waals surface area contributed by atoms with E-state index < -0.39 is 0 Å². The fourth-order valence-corrected chi connectivity index (χ4v) is 2.12. The molecule has 0 fully saturated rings. The van der Waals surface area contributed by atoms with Crippen molar-refractivity contribution in [2.75, 3.05) is 13.7 Å². The molecule has 2 aromatic rings. The Balaban J connectivity index is 2.31. The third-order valence-electron chi connectivity index (χ3n) is 3.23. The number of hydrogen-bond acceptors (Lipinski definition) is 3. The molecule has 1 heterocycles. The van der Waals surface area contributed by atoms with Gasteiger partial charge in [0.15, 0.2) is 0 Å². The average Bonchev–Trinajstić information content (AvgIpc) is 2.96. The molecule has 2 amide bonds. The maximum Gasteiger partial charge on any atom is 0.315 e. The lowest BCUT2D eigenvalue weighted by Gasteiger charge is -2.19. The number of hydrogen-bond donors (Lipinski definition) is 2. The van der Waals surface area contributed by atoms with Crippen LogP contribution in [0, 0.1) is 0 Å². The summed E-state index contributed by atoms with van der Waals surface area (Å²) in [6.07, 6.45) is 5.17. The Kier molecular flexibility index (Phi) is 5.19. The van der Waals surface area contributed by atoms with Crippen LogP contribution in [0.25, 0.3) is 0 Å². The lowest BCUT2D eigenvalue weighted by molar-refractivity contribution is 0.239. The molecule has 6 heteroatoms. The smallest absolute Gasteiger partial charge is 0.315 e. The number of aromatic nitrogens is 2. The minimum Gasteiger partial charge on any atom is -0.497 e. The molecule has 0 saturated carbocycles. The van der Waals surface area contributed by atoms with Crippen LogP contribution in [0.4, 0.5) is 4.79 Å². The van der Waals surface area contributed by atoms with E-state index in [4.69, 9.17) is 4.74 Å². The first-order valence-corrected chi connectivity index (χ1v) is 6.92. The van der Waals surface area contributed by atoms with E-state index in [2.05, 4.69) is 22.2 Å². The minimum atomic E-state index is -0.375. The van der Waals surface area contributed by atoms with Crippen molar-refractivity contribution in [3.05, 3.63) is 60.7 Å². The number of aryl methyl sites for hydroxylation is 1. The van der Waals surface area contributed by atoms with Gasteiger partial charge in [-0.1, -0.05) is 18.2 Å². The molecule has 2 rings (SSSR count). The van der Waals surface area contributed by atoms with Gasteiger partial charge >= 0.3 is 6.03 Å². The molecule has 6 nitrogen and oxygen atoms in total. The highest BCUT2D eigenvalue weighted by atomic mass is 16.5. The largest absolute Gasteiger partial charge is 0.497 e. The number of rotatable bonds is 6. The molecule has 1 aromatic carbocycles. The number of amides is 2. The van der Waals surface area contributed by atoms with Gasteiger partial charge in [0.2, 0.25) is 0 Å². The van der Waals surface area contributed by atoms with Crippen LogP contribution in [-0.2, 0) is 7.05 Å². The number of benzene rings is 1. The summed E-state index contributed by atoms with van der Waals surface area (Å²) in [6, 6.07) is 6.89. The number of nitrogens with zero attached hydrogens (tertiary/aromatic N) is 2. The Hall–Kier alpha value is -2.76. The van der Waals surface area contributed by atoms with Crippen LogP contribution in [0.15, 0.2) is 49.3 Å². The van der Waals surface area contributed by atoms with E-state index in [1.165, 1.54) is 0 Å². The van der Waals surface area contributed by atoms with E-state index in [1.54, 1.807) is 19.4 Å². The highest BCUT2D eigenvalue weighted by molar-refractivity contribution is 5.75. The zero-order chi connectivity index (χ0) is 15.9. The van der Waals surface area contributed by atoms with E-state index in [1.807, 2.05) is 42.1 Å². The molecule has 2 N–H and O–H groups in total. The normalized spacial score (nSPS) is 11.5. The molecule has 1 unspecified atom stereocenters. The van der Waals surface area contributed by atoms with E-state index in [0.29, 0.717) is 6.54 Å². The summed E-state index contributed by atoms with van der Waals surface area (Å²) >= 11 is 0. The summed E-state index contributed by atoms with van der Waals surface area (Å²) in [6.45, 7) is 3.98. The van der Waals surface area contributed by atoms with Crippen LogP contribution in [0.1, 0.15) is 17.4 Å². The summed E-state index contributed by atoms with van der Waals surface area (Å²) in [5, 5.41) is 5.63. The van der Waals surface area contributed by atoms with Gasteiger partial charge in [0.05, 0.1) is 7.11 Å². The van der Waals surface area contributed by atoms with Crippen LogP contribution in [0.3, 0.4) is 0 Å². The number of urea groups is 1. The van der Waals surface area contributed by atoms with Crippen molar-refractivity contribution < 1.29 is 9.53 Å². The maximum absolute atomic E-state index is 12.0. The van der Waals surface area contributed by atoms with Crippen molar-refractivity contribution in [1.29, 1.82) is 0 Å². The number of ether oxygens (including phenoxy) is 1. The van der Waals surface area contributed by atoms with Crippen molar-refractivity contribution in [2.45, 2.75) is 6.04 Å². The van der Waals surface area contributed by atoms with Crippen molar-refractivity contribution in [1.82, 2.24) is 20.2 Å². The quantitative estimate of drug-likeness (QED) is 0.802. The molecule has 0 saturated heterocycles. The van der Waals surface area contributed by atoms with Gasteiger partial charge in [-0.05, 0) is 17.7 Å². The van der Waals surface area contributed by atoms with E-state index in [9.17, 15) is 4.79 Å². The number of carbonyl (C=O) groups excluding carboxylic acids is 1. The van der Waals surface area contributed by atoms with E-state index in [0.717, 1.165) is 17.1 Å². The first-order chi connectivity index (χ1) is 10.7.